The molecule has 0 aromatic heterocycles. The fourth-order valence-electron chi connectivity index (χ4n) is 15.2. The molecule has 0 saturated carbocycles. The molecule has 0 saturated heterocycles. The summed E-state index contributed by atoms with van der Waals surface area (Å²) < 4.78 is 64.6. The van der Waals surface area contributed by atoms with Gasteiger partial charge in [0, 0.05) is 133 Å². The van der Waals surface area contributed by atoms with Crippen LogP contribution in [0.1, 0.15) is 164 Å². The Morgan fingerprint density at radius 2 is 0.430 bits per heavy atom. The first-order chi connectivity index (χ1) is 49.1. The van der Waals surface area contributed by atoms with Crippen LogP contribution in [0.4, 0.5) is 0 Å². The Kier molecular flexibility index (Phi) is 18.1. The highest BCUT2D eigenvalue weighted by molar-refractivity contribution is 9.11. The normalized spacial score (nSPS) is 19.6. The van der Waals surface area contributed by atoms with E-state index in [2.05, 4.69) is 282 Å². The number of halogens is 4. The van der Waals surface area contributed by atoms with E-state index in [1.54, 1.807) is 0 Å². The second-order valence-electron chi connectivity index (χ2n) is 26.5. The van der Waals surface area contributed by atoms with Gasteiger partial charge >= 0.3 is 0 Å². The summed E-state index contributed by atoms with van der Waals surface area (Å²) in [5.74, 6) is 3.92. The van der Waals surface area contributed by atoms with Gasteiger partial charge in [-0.15, -0.1) is 0 Å². The Bertz CT molecular complexity index is 4660. The summed E-state index contributed by atoms with van der Waals surface area (Å²) in [4.78, 5) is 0. The molecule has 0 amide bonds. The Morgan fingerprint density at radius 1 is 0.200 bits per heavy atom. The molecule has 4 aliphatic heterocycles. The molecule has 4 heterocycles. The van der Waals surface area contributed by atoms with Crippen LogP contribution in [0.15, 0.2) is 285 Å². The van der Waals surface area contributed by atoms with Gasteiger partial charge in [0.2, 0.25) is 0 Å². The Hall–Kier alpha value is -9.04. The second kappa shape index (κ2) is 28.2. The molecule has 8 atom stereocenters. The molecule has 8 bridgehead atoms. The molecule has 8 unspecified atom stereocenters. The van der Waals surface area contributed by atoms with Crippen molar-refractivity contribution in [2.24, 2.45) is 0 Å². The quantitative estimate of drug-likeness (QED) is 0.0947. The van der Waals surface area contributed by atoms with Crippen LogP contribution in [0.5, 0.6) is 46.0 Å². The number of hydrogen-bond acceptors (Lipinski definition) is 8. The van der Waals surface area contributed by atoms with E-state index in [0.29, 0.717) is 71.7 Å². The number of benzene rings is 12. The summed E-state index contributed by atoms with van der Waals surface area (Å²) >= 11 is 15.2. The van der Waals surface area contributed by atoms with Crippen molar-refractivity contribution in [2.75, 3.05) is 0 Å². The van der Waals surface area contributed by atoms with Gasteiger partial charge in [-0.05, 0) is 146 Å². The van der Waals surface area contributed by atoms with Gasteiger partial charge in [-0.3, -0.25) is 0 Å². The Balaban J connectivity index is 1.01. The van der Waals surface area contributed by atoms with Gasteiger partial charge in [0.05, 0.1) is 0 Å². The molecule has 12 heteroatoms. The topological polar surface area (TPSA) is 73.8 Å². The fraction of sp³-hybridized carbons (Fsp3) is 0.182. The molecule has 100 heavy (non-hydrogen) atoms. The van der Waals surface area contributed by atoms with Crippen LogP contribution in [-0.4, -0.2) is 0 Å². The highest BCUT2D eigenvalue weighted by Gasteiger charge is 2.42. The van der Waals surface area contributed by atoms with Crippen molar-refractivity contribution in [1.82, 2.24) is 0 Å². The van der Waals surface area contributed by atoms with Gasteiger partial charge in [-0.1, -0.05) is 234 Å². The maximum absolute atomic E-state index is 7.63. The van der Waals surface area contributed by atoms with Crippen LogP contribution >= 0.6 is 63.7 Å². The molecule has 0 N–H and O–H groups in total. The largest absolute Gasteiger partial charge is 0.450 e. The van der Waals surface area contributed by atoms with E-state index in [-0.39, 0.29) is 23.7 Å². The van der Waals surface area contributed by atoms with E-state index in [1.165, 1.54) is 22.3 Å². The minimum absolute atomic E-state index is 0.310. The zero-order chi connectivity index (χ0) is 67.2. The van der Waals surface area contributed by atoms with Crippen LogP contribution < -0.4 is 37.9 Å². The van der Waals surface area contributed by atoms with Crippen LogP contribution in [0, 0.1) is 0 Å². The van der Waals surface area contributed by atoms with Crippen molar-refractivity contribution in [3.8, 4) is 46.0 Å². The van der Waals surface area contributed by atoms with Crippen LogP contribution in [0.25, 0.3) is 0 Å². The molecule has 0 radical (unpaired) electrons. The predicted molar refractivity (Wildman–Crippen MR) is 405 cm³/mol. The van der Waals surface area contributed by atoms with Crippen molar-refractivity contribution in [1.29, 1.82) is 0 Å². The third-order valence-electron chi connectivity index (χ3n) is 20.2. The van der Waals surface area contributed by atoms with Gasteiger partial charge in [0.25, 0.3) is 25.2 Å². The monoisotopic (exact) mass is 1570 g/mol. The summed E-state index contributed by atoms with van der Waals surface area (Å²) in [5.41, 5.74) is 16.3. The lowest BCUT2D eigenvalue weighted by molar-refractivity contribution is -0.0120. The first-order valence-corrected chi connectivity index (χ1v) is 37.5. The first-order valence-electron chi connectivity index (χ1n) is 34.3. The average molecular weight is 1570 g/mol. The minimum Gasteiger partial charge on any atom is -0.450 e. The summed E-state index contributed by atoms with van der Waals surface area (Å²) in [6.07, 6.45) is 2.02. The second-order valence-corrected chi connectivity index (χ2v) is 30.2. The highest BCUT2D eigenvalue weighted by atomic mass is 79.9. The molecular formula is C88H68Br4O8. The molecule has 0 fully saturated rings. The third-order valence-corrected chi connectivity index (χ3v) is 22.3. The van der Waals surface area contributed by atoms with Crippen LogP contribution in [0.2, 0.25) is 0 Å². The first kappa shape index (κ1) is 64.3. The lowest BCUT2D eigenvalue weighted by Crippen LogP contribution is -2.26. The fourth-order valence-corrected chi connectivity index (χ4v) is 16.6. The number of rotatable bonds is 16. The highest BCUT2D eigenvalue weighted by Crippen LogP contribution is 2.58. The standard InChI is InChI=1S/C88H68Br4O8/c89-61-35-31-57(32-36-61)85-93-77-49-78-70-45-69(77)65(39-27-53-15-5-1-6-16-53)71-46-73-67(41-29-55-19-9-3-10-20-55)75-48-76-68(42-30-56-21-11-4-12-22-56)74-47-72(66(70)40-28-54-17-7-2-8-18-54)80(96-86(94-78)58-33-37-62(90)38-34-58)51-82(74)98-88(60-24-14-26-64(92)44-60)100-84(76)52-83(75)99-87(59-23-13-25-63(91)43-59)97-81(73)50-79(71)95-85/h1-26,31-38,43-52,65-68,85-88H,27-30,39-42H2. The lowest BCUT2D eigenvalue weighted by Gasteiger charge is -2.38. The van der Waals surface area contributed by atoms with Gasteiger partial charge < -0.3 is 37.9 Å². The minimum atomic E-state index is -0.949. The van der Waals surface area contributed by atoms with Gasteiger partial charge in [-0.25, -0.2) is 0 Å². The van der Waals surface area contributed by atoms with Crippen molar-refractivity contribution < 1.29 is 37.9 Å². The van der Waals surface area contributed by atoms with Crippen LogP contribution in [0.3, 0.4) is 0 Å². The van der Waals surface area contributed by atoms with Crippen LogP contribution in [-0.2, 0) is 25.7 Å². The molecule has 12 aromatic carbocycles. The molecule has 12 aromatic rings. The van der Waals surface area contributed by atoms with Gasteiger partial charge in [-0.2, -0.15) is 0 Å². The van der Waals surface area contributed by atoms with Crippen molar-refractivity contribution >= 4 is 63.7 Å². The molecule has 8 nitrogen and oxygen atoms in total. The van der Waals surface area contributed by atoms with Crippen molar-refractivity contribution in [2.45, 2.75) is 100 Å². The smallest absolute Gasteiger partial charge is 0.267 e. The maximum Gasteiger partial charge on any atom is 0.267 e. The SMILES string of the molecule is Brc1ccc(C2Oc3cc4c5cc3C(CCc3ccccc3)c3cc6c(cc3O2)OC(c2cccc(Br)c2)Oc2cc3c(cc2C6CCc2ccccc2)C(CCc2ccccc2)c2cc(c(cc2OC(c2cccc(Br)c2)O3)OC(c2ccc(Br)cc2)O4)C5CCc2ccccc2)cc1. The maximum atomic E-state index is 7.63. The molecule has 5 aliphatic rings. The van der Waals surface area contributed by atoms with Gasteiger partial charge in [0.15, 0.2) is 0 Å². The molecule has 17 rings (SSSR count). The van der Waals surface area contributed by atoms with E-state index < -0.39 is 25.2 Å². The number of hydrogen-bond donors (Lipinski definition) is 0. The summed E-state index contributed by atoms with van der Waals surface area (Å²) in [6.45, 7) is 0. The molecule has 496 valence electrons. The zero-order valence-electron chi connectivity index (χ0n) is 54.5. The predicted octanol–water partition coefficient (Wildman–Crippen LogP) is 24.0. The summed E-state index contributed by atoms with van der Waals surface area (Å²) in [5, 5.41) is 0. The number of aryl methyl sites for hydroxylation is 4. The van der Waals surface area contributed by atoms with E-state index in [0.717, 1.165) is 110 Å². The van der Waals surface area contributed by atoms with E-state index >= 15 is 0 Å². The van der Waals surface area contributed by atoms with Crippen molar-refractivity contribution in [3.63, 3.8) is 0 Å². The molecule has 0 spiro atoms. The third kappa shape index (κ3) is 13.4. The Morgan fingerprint density at radius 3 is 0.660 bits per heavy atom. The van der Waals surface area contributed by atoms with E-state index in [4.69, 9.17) is 37.9 Å². The lowest BCUT2D eigenvalue weighted by atomic mass is 9.75. The zero-order valence-corrected chi connectivity index (χ0v) is 60.8. The molecule has 1 aliphatic carbocycles. The summed E-state index contributed by atoms with van der Waals surface area (Å²) in [7, 11) is 0. The van der Waals surface area contributed by atoms with Crippen molar-refractivity contribution in [3.05, 3.63) is 374 Å². The molecular weight excluding hydrogens is 1500 g/mol. The summed E-state index contributed by atoms with van der Waals surface area (Å²) in [6, 6.07) is 94.3. The average Bonchev–Trinajstić information content (AvgIpc) is 0.735. The van der Waals surface area contributed by atoms with E-state index in [9.17, 15) is 0 Å². The number of ether oxygens (including phenoxy) is 8. The van der Waals surface area contributed by atoms with Gasteiger partial charge in [0.1, 0.15) is 46.0 Å². The van der Waals surface area contributed by atoms with E-state index in [1.807, 2.05) is 48.5 Å². The Labute approximate surface area is 616 Å².